The quantitative estimate of drug-likeness (QED) is 0.792. The van der Waals surface area contributed by atoms with Crippen molar-refractivity contribution in [2.24, 2.45) is 5.92 Å². The average molecular weight is 251 g/mol. The van der Waals surface area contributed by atoms with Crippen molar-refractivity contribution >= 4 is 17.4 Å². The zero-order valence-corrected chi connectivity index (χ0v) is 10.9. The van der Waals surface area contributed by atoms with E-state index in [1.165, 1.54) is 38.5 Å². The van der Waals surface area contributed by atoms with Crippen LogP contribution in [0.5, 0.6) is 0 Å². The minimum atomic E-state index is 0.727. The van der Waals surface area contributed by atoms with Gasteiger partial charge in [0.05, 0.1) is 5.02 Å². The highest BCUT2D eigenvalue weighted by molar-refractivity contribution is 6.30. The van der Waals surface area contributed by atoms with Gasteiger partial charge in [-0.15, -0.1) is 0 Å². The van der Waals surface area contributed by atoms with Crippen LogP contribution in [0.15, 0.2) is 18.3 Å². The van der Waals surface area contributed by atoms with Crippen molar-refractivity contribution in [3.63, 3.8) is 0 Å². The van der Waals surface area contributed by atoms with Gasteiger partial charge in [-0.1, -0.05) is 24.4 Å². The van der Waals surface area contributed by atoms with Crippen LogP contribution in [-0.2, 0) is 0 Å². The minimum absolute atomic E-state index is 0.727. The third kappa shape index (κ3) is 2.28. The van der Waals surface area contributed by atoms with Crippen LogP contribution in [0.3, 0.4) is 0 Å². The SMILES string of the molecule is Clc1ccc(N2CCCC2C2CCCC2)nc1. The van der Waals surface area contributed by atoms with Crippen molar-refractivity contribution in [3.8, 4) is 0 Å². The lowest BCUT2D eigenvalue weighted by Crippen LogP contribution is -2.35. The predicted octanol–water partition coefficient (Wildman–Crippen LogP) is 3.89. The molecule has 0 bridgehead atoms. The Bertz CT molecular complexity index is 370. The van der Waals surface area contributed by atoms with Crippen LogP contribution in [0, 0.1) is 5.92 Å². The Morgan fingerprint density at radius 2 is 1.94 bits per heavy atom. The molecule has 1 aromatic heterocycles. The smallest absolute Gasteiger partial charge is 0.128 e. The lowest BCUT2D eigenvalue weighted by Gasteiger charge is -2.30. The summed E-state index contributed by atoms with van der Waals surface area (Å²) in [6.07, 6.45) is 10.1. The van der Waals surface area contributed by atoms with Crippen molar-refractivity contribution in [1.29, 1.82) is 0 Å². The number of halogens is 1. The maximum Gasteiger partial charge on any atom is 0.128 e. The van der Waals surface area contributed by atoms with Gasteiger partial charge in [0.25, 0.3) is 0 Å². The molecule has 0 amide bonds. The topological polar surface area (TPSA) is 16.1 Å². The maximum absolute atomic E-state index is 5.90. The summed E-state index contributed by atoms with van der Waals surface area (Å²) >= 11 is 5.90. The van der Waals surface area contributed by atoms with Gasteiger partial charge in [-0.25, -0.2) is 4.98 Å². The van der Waals surface area contributed by atoms with Gasteiger partial charge in [0.2, 0.25) is 0 Å². The van der Waals surface area contributed by atoms with Crippen molar-refractivity contribution in [3.05, 3.63) is 23.4 Å². The normalized spacial score (nSPS) is 25.7. The van der Waals surface area contributed by atoms with Crippen LogP contribution in [0.4, 0.5) is 5.82 Å². The van der Waals surface area contributed by atoms with Gasteiger partial charge < -0.3 is 4.90 Å². The second-order valence-corrected chi connectivity index (χ2v) is 5.72. The van der Waals surface area contributed by atoms with Crippen LogP contribution in [0.1, 0.15) is 38.5 Å². The summed E-state index contributed by atoms with van der Waals surface area (Å²) < 4.78 is 0. The zero-order chi connectivity index (χ0) is 11.7. The van der Waals surface area contributed by atoms with Crippen molar-refractivity contribution in [1.82, 2.24) is 4.98 Å². The molecule has 1 saturated carbocycles. The third-order valence-corrected chi connectivity index (χ3v) is 4.47. The molecule has 1 saturated heterocycles. The summed E-state index contributed by atoms with van der Waals surface area (Å²) in [5, 5.41) is 0.727. The van der Waals surface area contributed by atoms with Crippen molar-refractivity contribution in [2.75, 3.05) is 11.4 Å². The van der Waals surface area contributed by atoms with E-state index in [0.29, 0.717) is 0 Å². The molecule has 17 heavy (non-hydrogen) atoms. The Hall–Kier alpha value is -0.760. The van der Waals surface area contributed by atoms with Crippen molar-refractivity contribution < 1.29 is 0 Å². The second kappa shape index (κ2) is 4.85. The molecular formula is C14H19ClN2. The van der Waals surface area contributed by atoms with E-state index in [-0.39, 0.29) is 0 Å². The van der Waals surface area contributed by atoms with E-state index >= 15 is 0 Å². The highest BCUT2D eigenvalue weighted by atomic mass is 35.5. The number of rotatable bonds is 2. The molecule has 3 rings (SSSR count). The van der Waals surface area contributed by atoms with Gasteiger partial charge in [-0.05, 0) is 43.7 Å². The molecule has 3 heteroatoms. The lowest BCUT2D eigenvalue weighted by atomic mass is 9.96. The van der Waals surface area contributed by atoms with E-state index in [4.69, 9.17) is 11.6 Å². The number of hydrogen-bond donors (Lipinski definition) is 0. The first-order valence-corrected chi connectivity index (χ1v) is 7.10. The Balaban J connectivity index is 1.78. The molecule has 0 aromatic carbocycles. The Morgan fingerprint density at radius 3 is 2.65 bits per heavy atom. The number of nitrogens with zero attached hydrogens (tertiary/aromatic N) is 2. The molecule has 0 spiro atoms. The average Bonchev–Trinajstić information content (AvgIpc) is 3.00. The Kier molecular flexibility index (Phi) is 3.24. The summed E-state index contributed by atoms with van der Waals surface area (Å²) in [5.74, 6) is 2.01. The van der Waals surface area contributed by atoms with Gasteiger partial charge in [-0.3, -0.25) is 0 Å². The summed E-state index contributed by atoms with van der Waals surface area (Å²) in [7, 11) is 0. The lowest BCUT2D eigenvalue weighted by molar-refractivity contribution is 0.429. The minimum Gasteiger partial charge on any atom is -0.353 e. The highest BCUT2D eigenvalue weighted by Gasteiger charge is 2.33. The molecule has 2 aliphatic rings. The largest absolute Gasteiger partial charge is 0.353 e. The fourth-order valence-corrected chi connectivity index (χ4v) is 3.56. The summed E-state index contributed by atoms with van der Waals surface area (Å²) in [5.41, 5.74) is 0. The molecule has 2 heterocycles. The Morgan fingerprint density at radius 1 is 1.12 bits per heavy atom. The van der Waals surface area contributed by atoms with Gasteiger partial charge >= 0.3 is 0 Å². The van der Waals surface area contributed by atoms with Crippen LogP contribution in [0.2, 0.25) is 5.02 Å². The van der Waals surface area contributed by atoms with Crippen molar-refractivity contribution in [2.45, 2.75) is 44.6 Å². The molecule has 2 fully saturated rings. The molecule has 92 valence electrons. The van der Waals surface area contributed by atoms with Crippen LogP contribution in [-0.4, -0.2) is 17.6 Å². The summed E-state index contributed by atoms with van der Waals surface area (Å²) in [6, 6.07) is 4.75. The van der Waals surface area contributed by atoms with Gasteiger partial charge in [0.15, 0.2) is 0 Å². The molecule has 1 aromatic rings. The van der Waals surface area contributed by atoms with E-state index < -0.39 is 0 Å². The first kappa shape index (κ1) is 11.3. The van der Waals surface area contributed by atoms with E-state index in [1.807, 2.05) is 6.07 Å². The Labute approximate surface area is 108 Å². The third-order valence-electron chi connectivity index (χ3n) is 4.25. The first-order chi connectivity index (χ1) is 8.34. The number of pyridine rings is 1. The predicted molar refractivity (Wildman–Crippen MR) is 71.6 cm³/mol. The molecule has 0 N–H and O–H groups in total. The molecule has 1 unspecified atom stereocenters. The van der Waals surface area contributed by atoms with Gasteiger partial charge in [0, 0.05) is 18.8 Å². The van der Waals surface area contributed by atoms with Crippen LogP contribution in [0.25, 0.3) is 0 Å². The number of hydrogen-bond acceptors (Lipinski definition) is 2. The molecular weight excluding hydrogens is 232 g/mol. The first-order valence-electron chi connectivity index (χ1n) is 6.73. The fourth-order valence-electron chi connectivity index (χ4n) is 3.45. The monoisotopic (exact) mass is 250 g/mol. The molecule has 1 aliphatic heterocycles. The zero-order valence-electron chi connectivity index (χ0n) is 10.1. The van der Waals surface area contributed by atoms with Crippen LogP contribution < -0.4 is 4.90 Å². The fraction of sp³-hybridized carbons (Fsp3) is 0.643. The van der Waals surface area contributed by atoms with E-state index in [9.17, 15) is 0 Å². The van der Waals surface area contributed by atoms with Gasteiger partial charge in [-0.2, -0.15) is 0 Å². The summed E-state index contributed by atoms with van der Waals surface area (Å²) in [4.78, 5) is 6.98. The van der Waals surface area contributed by atoms with Crippen LogP contribution >= 0.6 is 11.6 Å². The molecule has 2 nitrogen and oxygen atoms in total. The second-order valence-electron chi connectivity index (χ2n) is 5.28. The number of aromatic nitrogens is 1. The standard InChI is InChI=1S/C14H19ClN2/c15-12-7-8-14(16-10-12)17-9-3-6-13(17)11-4-1-2-5-11/h7-8,10-11,13H,1-6,9H2. The molecule has 1 atom stereocenters. The maximum atomic E-state index is 5.90. The van der Waals surface area contributed by atoms with E-state index in [1.54, 1.807) is 6.20 Å². The van der Waals surface area contributed by atoms with Gasteiger partial charge in [0.1, 0.15) is 5.82 Å². The molecule has 1 aliphatic carbocycles. The number of anilines is 1. The molecule has 0 radical (unpaired) electrons. The summed E-state index contributed by atoms with van der Waals surface area (Å²) in [6.45, 7) is 1.16. The highest BCUT2D eigenvalue weighted by Crippen LogP contribution is 2.37. The van der Waals surface area contributed by atoms with E-state index in [0.717, 1.165) is 29.3 Å². The van der Waals surface area contributed by atoms with E-state index in [2.05, 4.69) is 16.0 Å².